The molecule has 0 radical (unpaired) electrons. The van der Waals surface area contributed by atoms with Gasteiger partial charge < -0.3 is 0 Å². The predicted octanol–water partition coefficient (Wildman–Crippen LogP) is 1.54. The van der Waals surface area contributed by atoms with E-state index >= 15 is 0 Å². The van der Waals surface area contributed by atoms with Gasteiger partial charge in [-0.05, 0) is 27.3 Å². The molecular weight excluding hydrogens is 320 g/mol. The average Bonchev–Trinajstić information content (AvgIpc) is 2.56. The first-order chi connectivity index (χ1) is 8.08. The Morgan fingerprint density at radius 1 is 1.44 bits per heavy atom. The van der Waals surface area contributed by atoms with Crippen LogP contribution in [0.5, 0.6) is 0 Å². The fourth-order valence-corrected chi connectivity index (χ4v) is 3.47. The number of sulfonamides is 1. The summed E-state index contributed by atoms with van der Waals surface area (Å²) in [7, 11) is -2.06. The van der Waals surface area contributed by atoms with E-state index in [0.717, 1.165) is 0 Å². The zero-order valence-corrected chi connectivity index (χ0v) is 13.6. The van der Waals surface area contributed by atoms with Gasteiger partial charge in [-0.2, -0.15) is 0 Å². The summed E-state index contributed by atoms with van der Waals surface area (Å²) in [5, 5.41) is 7.38. The smallest absolute Gasteiger partial charge is 0.235 e. The minimum atomic E-state index is -3.60. The van der Waals surface area contributed by atoms with E-state index in [-0.39, 0.29) is 15.0 Å². The molecule has 0 spiro atoms. The van der Waals surface area contributed by atoms with Gasteiger partial charge in [0.25, 0.3) is 10.0 Å². The third-order valence-corrected chi connectivity index (χ3v) is 5.56. The lowest BCUT2D eigenvalue weighted by atomic mass is 9.81. The maximum absolute atomic E-state index is 12.2. The van der Waals surface area contributed by atoms with Crippen molar-refractivity contribution in [3.8, 4) is 0 Å². The molecule has 0 atom stereocenters. The predicted molar refractivity (Wildman–Crippen MR) is 72.5 cm³/mol. The molecule has 0 amide bonds. The Morgan fingerprint density at radius 3 is 2.39 bits per heavy atom. The highest BCUT2D eigenvalue weighted by Gasteiger charge is 2.28. The molecule has 0 bridgehead atoms. The lowest BCUT2D eigenvalue weighted by Crippen LogP contribution is -2.37. The van der Waals surface area contributed by atoms with E-state index in [0.29, 0.717) is 12.5 Å². The van der Waals surface area contributed by atoms with Crippen molar-refractivity contribution in [3.63, 3.8) is 0 Å². The van der Waals surface area contributed by atoms with E-state index in [1.807, 2.05) is 13.8 Å². The van der Waals surface area contributed by atoms with Gasteiger partial charge in [0.15, 0.2) is 4.60 Å². The standard InChI is InChI=1S/C10H19BrN4O2S/c1-7(2)10(3,4)6-12-18(16,17)9-8(11)13-14-15(9)5/h7,12H,6H2,1-5H3. The van der Waals surface area contributed by atoms with Gasteiger partial charge >= 0.3 is 0 Å². The molecule has 0 aliphatic carbocycles. The summed E-state index contributed by atoms with van der Waals surface area (Å²) in [6, 6.07) is 0. The van der Waals surface area contributed by atoms with E-state index < -0.39 is 10.0 Å². The van der Waals surface area contributed by atoms with Crippen LogP contribution in [0.4, 0.5) is 0 Å². The molecule has 18 heavy (non-hydrogen) atoms. The van der Waals surface area contributed by atoms with Crippen LogP contribution in [0.1, 0.15) is 27.7 Å². The second-order valence-electron chi connectivity index (χ2n) is 5.28. The molecule has 104 valence electrons. The molecule has 0 unspecified atom stereocenters. The molecule has 1 rings (SSSR count). The van der Waals surface area contributed by atoms with Crippen LogP contribution in [0.2, 0.25) is 0 Å². The van der Waals surface area contributed by atoms with Gasteiger partial charge in [-0.3, -0.25) is 0 Å². The Balaban J connectivity index is 2.91. The Labute approximate surface area is 116 Å². The quantitative estimate of drug-likeness (QED) is 0.883. The molecule has 6 nitrogen and oxygen atoms in total. The van der Waals surface area contributed by atoms with Gasteiger partial charge in [0.2, 0.25) is 5.03 Å². The van der Waals surface area contributed by atoms with Crippen LogP contribution >= 0.6 is 15.9 Å². The molecule has 0 fully saturated rings. The highest BCUT2D eigenvalue weighted by atomic mass is 79.9. The lowest BCUT2D eigenvalue weighted by Gasteiger charge is -2.29. The Bertz CT molecular complexity index is 502. The fourth-order valence-electron chi connectivity index (χ4n) is 1.16. The first-order valence-electron chi connectivity index (χ1n) is 5.63. The number of aryl methyl sites for hydroxylation is 1. The number of hydrogen-bond donors (Lipinski definition) is 1. The summed E-state index contributed by atoms with van der Waals surface area (Å²) in [4.78, 5) is 0. The second kappa shape index (κ2) is 5.26. The highest BCUT2D eigenvalue weighted by Crippen LogP contribution is 2.26. The van der Waals surface area contributed by atoms with E-state index in [4.69, 9.17) is 0 Å². The Hall–Kier alpha value is -0.470. The van der Waals surface area contributed by atoms with Crippen LogP contribution in [-0.2, 0) is 17.1 Å². The molecule has 1 aromatic rings. The number of halogens is 1. The third-order valence-electron chi connectivity index (χ3n) is 3.27. The van der Waals surface area contributed by atoms with Crippen LogP contribution in [0, 0.1) is 11.3 Å². The van der Waals surface area contributed by atoms with Gasteiger partial charge in [0, 0.05) is 13.6 Å². The summed E-state index contributed by atoms with van der Waals surface area (Å²) in [6.45, 7) is 8.55. The van der Waals surface area contributed by atoms with Crippen LogP contribution in [-0.4, -0.2) is 30.0 Å². The second-order valence-corrected chi connectivity index (χ2v) is 7.71. The van der Waals surface area contributed by atoms with Crippen LogP contribution in [0.3, 0.4) is 0 Å². The number of nitrogens with one attached hydrogen (secondary N) is 1. The van der Waals surface area contributed by atoms with Gasteiger partial charge in [-0.25, -0.2) is 17.8 Å². The molecule has 0 saturated heterocycles. The van der Waals surface area contributed by atoms with Crippen molar-refractivity contribution in [1.29, 1.82) is 0 Å². The van der Waals surface area contributed by atoms with Crippen LogP contribution in [0.25, 0.3) is 0 Å². The summed E-state index contributed by atoms with van der Waals surface area (Å²) >= 11 is 3.09. The van der Waals surface area contributed by atoms with Crippen LogP contribution in [0.15, 0.2) is 9.63 Å². The topological polar surface area (TPSA) is 76.9 Å². The maximum Gasteiger partial charge on any atom is 0.260 e. The fraction of sp³-hybridized carbons (Fsp3) is 0.800. The minimum absolute atomic E-state index is 0.0436. The summed E-state index contributed by atoms with van der Waals surface area (Å²) < 4.78 is 28.4. The summed E-state index contributed by atoms with van der Waals surface area (Å²) in [5.41, 5.74) is -0.119. The molecule has 0 saturated carbocycles. The van der Waals surface area contributed by atoms with Crippen molar-refractivity contribution in [2.24, 2.45) is 18.4 Å². The van der Waals surface area contributed by atoms with Crippen molar-refractivity contribution in [3.05, 3.63) is 4.60 Å². The third kappa shape index (κ3) is 3.30. The highest BCUT2D eigenvalue weighted by molar-refractivity contribution is 9.10. The Morgan fingerprint density at radius 2 is 2.00 bits per heavy atom. The average molecular weight is 339 g/mol. The van der Waals surface area contributed by atoms with E-state index in [2.05, 4.69) is 44.8 Å². The summed E-state index contributed by atoms with van der Waals surface area (Å²) in [6.07, 6.45) is 0. The van der Waals surface area contributed by atoms with Crippen molar-refractivity contribution in [1.82, 2.24) is 19.7 Å². The van der Waals surface area contributed by atoms with Gasteiger partial charge in [0.1, 0.15) is 0 Å². The zero-order valence-electron chi connectivity index (χ0n) is 11.2. The normalized spacial score (nSPS) is 13.3. The van der Waals surface area contributed by atoms with Gasteiger partial charge in [0.05, 0.1) is 0 Å². The zero-order chi connectivity index (χ0) is 14.1. The summed E-state index contributed by atoms with van der Waals surface area (Å²) in [5.74, 6) is 0.369. The molecule has 0 aliphatic rings. The van der Waals surface area contributed by atoms with Crippen LogP contribution < -0.4 is 4.72 Å². The van der Waals surface area contributed by atoms with Crippen molar-refractivity contribution >= 4 is 26.0 Å². The molecule has 1 heterocycles. The molecule has 0 aromatic carbocycles. The lowest BCUT2D eigenvalue weighted by molar-refractivity contribution is 0.252. The largest absolute Gasteiger partial charge is 0.260 e. The number of hydrogen-bond acceptors (Lipinski definition) is 4. The SMILES string of the molecule is CC(C)C(C)(C)CNS(=O)(=O)c1c(Br)nnn1C. The first-order valence-corrected chi connectivity index (χ1v) is 7.90. The van der Waals surface area contributed by atoms with Gasteiger partial charge in [-0.15, -0.1) is 5.10 Å². The minimum Gasteiger partial charge on any atom is -0.235 e. The van der Waals surface area contributed by atoms with Gasteiger partial charge in [-0.1, -0.05) is 32.9 Å². The van der Waals surface area contributed by atoms with Crippen molar-refractivity contribution < 1.29 is 8.42 Å². The number of rotatable bonds is 5. The van der Waals surface area contributed by atoms with E-state index in [1.165, 1.54) is 4.68 Å². The monoisotopic (exact) mass is 338 g/mol. The molecule has 1 N–H and O–H groups in total. The molecule has 8 heteroatoms. The maximum atomic E-state index is 12.2. The van der Waals surface area contributed by atoms with E-state index in [1.54, 1.807) is 7.05 Å². The molecular formula is C10H19BrN4O2S. The van der Waals surface area contributed by atoms with E-state index in [9.17, 15) is 8.42 Å². The molecule has 0 aliphatic heterocycles. The van der Waals surface area contributed by atoms with Crippen molar-refractivity contribution in [2.75, 3.05) is 6.54 Å². The molecule has 1 aromatic heterocycles. The van der Waals surface area contributed by atoms with Crippen molar-refractivity contribution in [2.45, 2.75) is 32.7 Å². The Kier molecular flexibility index (Phi) is 4.56. The first kappa shape index (κ1) is 15.6. The number of nitrogens with zero attached hydrogens (tertiary/aromatic N) is 3. The number of aromatic nitrogens is 3.